The van der Waals surface area contributed by atoms with Gasteiger partial charge in [0.15, 0.2) is 5.17 Å². The van der Waals surface area contributed by atoms with E-state index in [1.165, 1.54) is 43.0 Å². The zero-order valence-corrected chi connectivity index (χ0v) is 11.6. The van der Waals surface area contributed by atoms with Crippen LogP contribution in [0, 0.1) is 11.8 Å². The number of ether oxygens (including phenoxy) is 1. The van der Waals surface area contributed by atoms with Gasteiger partial charge in [-0.05, 0) is 43.9 Å². The second-order valence-electron chi connectivity index (χ2n) is 6.22. The molecule has 0 aromatic heterocycles. The molecule has 4 atom stereocenters. The third-order valence-electron chi connectivity index (χ3n) is 4.87. The van der Waals surface area contributed by atoms with E-state index in [-0.39, 0.29) is 0 Å². The maximum Gasteiger partial charge on any atom is 0.157 e. The normalized spacial score (nSPS) is 43.7. The summed E-state index contributed by atoms with van der Waals surface area (Å²) < 4.78 is 5.89. The van der Waals surface area contributed by atoms with E-state index in [9.17, 15) is 0 Å². The van der Waals surface area contributed by atoms with Gasteiger partial charge in [-0.1, -0.05) is 18.2 Å². The van der Waals surface area contributed by atoms with Crippen molar-refractivity contribution in [1.29, 1.82) is 0 Å². The molecular weight excluding hydrogens is 244 g/mol. The lowest BCUT2D eigenvalue weighted by Crippen LogP contribution is -2.42. The Hall–Kier alpha value is -0.220. The third kappa shape index (κ3) is 2.18. The minimum absolute atomic E-state index is 0.467. The van der Waals surface area contributed by atoms with Gasteiger partial charge in [0.1, 0.15) is 0 Å². The largest absolute Gasteiger partial charge is 0.376 e. The fourth-order valence-corrected chi connectivity index (χ4v) is 4.85. The number of fused-ring (bicyclic) bond motifs is 1. The van der Waals surface area contributed by atoms with Gasteiger partial charge in [-0.3, -0.25) is 4.99 Å². The van der Waals surface area contributed by atoms with Crippen molar-refractivity contribution in [3.63, 3.8) is 0 Å². The van der Waals surface area contributed by atoms with Crippen LogP contribution < -0.4 is 5.32 Å². The lowest BCUT2D eigenvalue weighted by atomic mass is 10.1. The first-order valence-corrected chi connectivity index (χ1v) is 8.47. The first-order chi connectivity index (χ1) is 8.90. The van der Waals surface area contributed by atoms with Crippen molar-refractivity contribution in [2.75, 3.05) is 12.4 Å². The van der Waals surface area contributed by atoms with Gasteiger partial charge in [0.25, 0.3) is 0 Å². The number of aliphatic imine (C=N–C) groups is 1. The van der Waals surface area contributed by atoms with Gasteiger partial charge >= 0.3 is 0 Å². The van der Waals surface area contributed by atoms with Crippen LogP contribution in [0.5, 0.6) is 0 Å². The number of nitrogens with zero attached hydrogens (tertiary/aromatic N) is 1. The molecule has 100 valence electrons. The van der Waals surface area contributed by atoms with Crippen LogP contribution in [-0.2, 0) is 4.74 Å². The maximum absolute atomic E-state index is 5.89. The standard InChI is InChI=1S/C14H22N2OS/c1-2-10-8-18-14(15-11(10)3-1)16-12-6-7-17-13(12)9-4-5-9/h9-13H,1-8H2,(H,15,16). The molecule has 0 amide bonds. The Bertz CT molecular complexity index is 356. The van der Waals surface area contributed by atoms with E-state index < -0.39 is 0 Å². The molecule has 4 unspecified atom stereocenters. The van der Waals surface area contributed by atoms with Gasteiger partial charge in [0.05, 0.1) is 18.2 Å². The van der Waals surface area contributed by atoms with Crippen molar-refractivity contribution in [2.24, 2.45) is 16.8 Å². The Kier molecular flexibility index (Phi) is 3.03. The third-order valence-corrected chi connectivity index (χ3v) is 5.96. The molecule has 3 fully saturated rings. The van der Waals surface area contributed by atoms with Crippen LogP contribution in [0.3, 0.4) is 0 Å². The molecule has 2 aliphatic carbocycles. The molecule has 2 saturated carbocycles. The summed E-state index contributed by atoms with van der Waals surface area (Å²) in [6, 6.07) is 1.15. The fraction of sp³-hybridized carbons (Fsp3) is 0.929. The average molecular weight is 266 g/mol. The molecule has 2 aliphatic heterocycles. The molecule has 18 heavy (non-hydrogen) atoms. The van der Waals surface area contributed by atoms with Crippen LogP contribution in [0.4, 0.5) is 0 Å². The van der Waals surface area contributed by atoms with E-state index >= 15 is 0 Å². The number of nitrogens with one attached hydrogen (secondary N) is 1. The summed E-state index contributed by atoms with van der Waals surface area (Å²) in [7, 11) is 0. The summed E-state index contributed by atoms with van der Waals surface area (Å²) in [5.41, 5.74) is 0. The molecule has 3 nitrogen and oxygen atoms in total. The molecule has 1 N–H and O–H groups in total. The number of hydrogen-bond acceptors (Lipinski definition) is 4. The van der Waals surface area contributed by atoms with E-state index in [1.54, 1.807) is 0 Å². The van der Waals surface area contributed by atoms with Gasteiger partial charge in [-0.25, -0.2) is 0 Å². The van der Waals surface area contributed by atoms with E-state index in [0.29, 0.717) is 18.2 Å². The number of rotatable bonds is 2. The van der Waals surface area contributed by atoms with Crippen LogP contribution in [0.2, 0.25) is 0 Å². The predicted molar refractivity (Wildman–Crippen MR) is 75.0 cm³/mol. The van der Waals surface area contributed by atoms with Gasteiger partial charge in [0.2, 0.25) is 0 Å². The molecule has 0 spiro atoms. The van der Waals surface area contributed by atoms with Crippen LogP contribution in [0.15, 0.2) is 4.99 Å². The van der Waals surface area contributed by atoms with E-state index in [4.69, 9.17) is 9.73 Å². The van der Waals surface area contributed by atoms with Crippen molar-refractivity contribution in [2.45, 2.75) is 56.7 Å². The highest BCUT2D eigenvalue weighted by Gasteiger charge is 2.41. The molecular formula is C14H22N2OS. The van der Waals surface area contributed by atoms with Crippen molar-refractivity contribution in [1.82, 2.24) is 5.32 Å². The average Bonchev–Trinajstić information content (AvgIpc) is 2.95. The lowest BCUT2D eigenvalue weighted by Gasteiger charge is -2.27. The minimum Gasteiger partial charge on any atom is -0.376 e. The van der Waals surface area contributed by atoms with Gasteiger partial charge in [0, 0.05) is 12.4 Å². The summed E-state index contributed by atoms with van der Waals surface area (Å²) in [5.74, 6) is 2.97. The first kappa shape index (κ1) is 11.6. The number of amidine groups is 1. The Labute approximate surface area is 113 Å². The molecule has 0 aromatic rings. The highest BCUT2D eigenvalue weighted by Crippen LogP contribution is 2.39. The van der Waals surface area contributed by atoms with E-state index in [2.05, 4.69) is 5.32 Å². The highest BCUT2D eigenvalue weighted by atomic mass is 32.2. The molecule has 0 radical (unpaired) electrons. The van der Waals surface area contributed by atoms with Crippen LogP contribution in [0.25, 0.3) is 0 Å². The zero-order chi connectivity index (χ0) is 11.9. The summed E-state index contributed by atoms with van der Waals surface area (Å²) in [6.07, 6.45) is 8.45. The van der Waals surface area contributed by atoms with Crippen molar-refractivity contribution in [3.8, 4) is 0 Å². The lowest BCUT2D eigenvalue weighted by molar-refractivity contribution is 0.0844. The van der Waals surface area contributed by atoms with Crippen LogP contribution >= 0.6 is 11.8 Å². The topological polar surface area (TPSA) is 33.6 Å². The Morgan fingerprint density at radius 1 is 1.11 bits per heavy atom. The van der Waals surface area contributed by atoms with Crippen LogP contribution in [0.1, 0.15) is 38.5 Å². The Morgan fingerprint density at radius 3 is 2.94 bits per heavy atom. The molecule has 2 heterocycles. The number of thioether (sulfide) groups is 1. The highest BCUT2D eigenvalue weighted by molar-refractivity contribution is 8.13. The molecule has 4 rings (SSSR count). The molecule has 0 aromatic carbocycles. The molecule has 0 bridgehead atoms. The summed E-state index contributed by atoms with van der Waals surface area (Å²) in [4.78, 5) is 4.93. The van der Waals surface area contributed by atoms with Gasteiger partial charge < -0.3 is 10.1 Å². The quantitative estimate of drug-likeness (QED) is 0.833. The smallest absolute Gasteiger partial charge is 0.157 e. The fourth-order valence-electron chi connectivity index (χ4n) is 3.65. The van der Waals surface area contributed by atoms with Crippen molar-refractivity contribution < 1.29 is 4.74 Å². The minimum atomic E-state index is 0.467. The summed E-state index contributed by atoms with van der Waals surface area (Å²) in [6.45, 7) is 0.933. The first-order valence-electron chi connectivity index (χ1n) is 7.49. The second-order valence-corrected chi connectivity index (χ2v) is 7.22. The predicted octanol–water partition coefficient (Wildman–Crippen LogP) is 2.42. The SMILES string of the molecule is C1CC2CSC(NC3CCOC3C3CC3)=NC2C1. The molecule has 1 saturated heterocycles. The summed E-state index contributed by atoms with van der Waals surface area (Å²) >= 11 is 1.94. The maximum atomic E-state index is 5.89. The van der Waals surface area contributed by atoms with Crippen molar-refractivity contribution >= 4 is 16.9 Å². The van der Waals surface area contributed by atoms with E-state index in [1.807, 2.05) is 11.8 Å². The Morgan fingerprint density at radius 2 is 2.06 bits per heavy atom. The zero-order valence-electron chi connectivity index (χ0n) is 10.8. The van der Waals surface area contributed by atoms with Crippen molar-refractivity contribution in [3.05, 3.63) is 0 Å². The van der Waals surface area contributed by atoms with Crippen LogP contribution in [-0.4, -0.2) is 35.7 Å². The van der Waals surface area contributed by atoms with Gasteiger partial charge in [-0.2, -0.15) is 0 Å². The monoisotopic (exact) mass is 266 g/mol. The summed E-state index contributed by atoms with van der Waals surface area (Å²) in [5, 5.41) is 4.90. The Balaban J connectivity index is 1.41. The molecule has 4 aliphatic rings. The van der Waals surface area contributed by atoms with E-state index in [0.717, 1.165) is 24.9 Å². The van der Waals surface area contributed by atoms with Gasteiger partial charge in [-0.15, -0.1) is 0 Å². The second kappa shape index (κ2) is 4.71. The molecule has 4 heteroatoms. The number of hydrogen-bond donors (Lipinski definition) is 1.